The van der Waals surface area contributed by atoms with Crippen molar-refractivity contribution in [1.82, 2.24) is 10.2 Å². The van der Waals surface area contributed by atoms with Crippen molar-refractivity contribution in [3.8, 4) is 5.75 Å². The summed E-state index contributed by atoms with van der Waals surface area (Å²) in [5.74, 6) is 1.10. The van der Waals surface area contributed by atoms with E-state index in [4.69, 9.17) is 4.74 Å². The van der Waals surface area contributed by atoms with Gasteiger partial charge in [0.05, 0.1) is 13.7 Å². The molecule has 0 unspecified atom stereocenters. The maximum atomic E-state index is 12.3. The maximum absolute atomic E-state index is 12.3. The average molecular weight is 332 g/mol. The molecule has 0 heterocycles. The maximum Gasteiger partial charge on any atom is 0.234 e. The van der Waals surface area contributed by atoms with Gasteiger partial charge in [0.2, 0.25) is 5.91 Å². The average Bonchev–Trinajstić information content (AvgIpc) is 2.75. The van der Waals surface area contributed by atoms with Crippen LogP contribution in [0.1, 0.15) is 55.2 Å². The van der Waals surface area contributed by atoms with Gasteiger partial charge >= 0.3 is 0 Å². The summed E-state index contributed by atoms with van der Waals surface area (Å²) in [4.78, 5) is 14.4. The van der Waals surface area contributed by atoms with Crippen molar-refractivity contribution >= 4 is 5.91 Å². The molecule has 0 aliphatic heterocycles. The Balaban J connectivity index is 1.86. The predicted molar refractivity (Wildman–Crippen MR) is 98.4 cm³/mol. The molecule has 1 aliphatic carbocycles. The standard InChI is InChI=1S/C20H32N2O2/c1-15-11-17(12-16(2)20(15)24-4)13-22(3)14-19(23)21-18-9-7-5-6-8-10-18/h11-12,18H,5-10,13-14H2,1-4H3,(H,21,23). The number of likely N-dealkylation sites (N-methyl/N-ethyl adjacent to an activating group) is 1. The molecule has 0 spiro atoms. The van der Waals surface area contributed by atoms with Crippen LogP contribution in [0, 0.1) is 13.8 Å². The summed E-state index contributed by atoms with van der Waals surface area (Å²) in [6.45, 7) is 5.34. The lowest BCUT2D eigenvalue weighted by Gasteiger charge is -2.21. The van der Waals surface area contributed by atoms with Gasteiger partial charge in [-0.05, 0) is 50.4 Å². The lowest BCUT2D eigenvalue weighted by Crippen LogP contribution is -2.40. The fraction of sp³-hybridized carbons (Fsp3) is 0.650. The highest BCUT2D eigenvalue weighted by molar-refractivity contribution is 5.78. The molecule has 1 fully saturated rings. The second-order valence-corrected chi connectivity index (χ2v) is 7.19. The van der Waals surface area contributed by atoms with Gasteiger partial charge in [0.25, 0.3) is 0 Å². The number of carbonyl (C=O) groups excluding carboxylic acids is 1. The molecule has 1 saturated carbocycles. The third-order valence-corrected chi connectivity index (χ3v) is 4.81. The molecule has 1 aliphatic rings. The number of ether oxygens (including phenoxy) is 1. The van der Waals surface area contributed by atoms with Gasteiger partial charge in [-0.3, -0.25) is 9.69 Å². The van der Waals surface area contributed by atoms with E-state index in [0.717, 1.165) is 36.3 Å². The molecule has 1 N–H and O–H groups in total. The van der Waals surface area contributed by atoms with Crippen LogP contribution in [0.2, 0.25) is 0 Å². The Morgan fingerprint density at radius 1 is 1.17 bits per heavy atom. The van der Waals surface area contributed by atoms with E-state index in [1.54, 1.807) is 7.11 Å². The lowest BCUT2D eigenvalue weighted by atomic mass is 10.1. The van der Waals surface area contributed by atoms with E-state index in [1.807, 2.05) is 7.05 Å². The first-order valence-electron chi connectivity index (χ1n) is 9.11. The van der Waals surface area contributed by atoms with Crippen molar-refractivity contribution in [2.45, 2.75) is 65.0 Å². The first-order valence-corrected chi connectivity index (χ1v) is 9.11. The summed E-state index contributed by atoms with van der Waals surface area (Å²) in [7, 11) is 3.71. The van der Waals surface area contributed by atoms with Gasteiger partial charge in [-0.2, -0.15) is 0 Å². The highest BCUT2D eigenvalue weighted by Crippen LogP contribution is 2.24. The topological polar surface area (TPSA) is 41.6 Å². The minimum Gasteiger partial charge on any atom is -0.496 e. The van der Waals surface area contributed by atoms with E-state index in [9.17, 15) is 4.79 Å². The molecule has 0 radical (unpaired) electrons. The van der Waals surface area contributed by atoms with Gasteiger partial charge in [-0.15, -0.1) is 0 Å². The van der Waals surface area contributed by atoms with Gasteiger partial charge in [-0.1, -0.05) is 37.8 Å². The van der Waals surface area contributed by atoms with Crippen LogP contribution in [0.25, 0.3) is 0 Å². The molecular formula is C20H32N2O2. The van der Waals surface area contributed by atoms with Crippen LogP contribution in [0.4, 0.5) is 0 Å². The van der Waals surface area contributed by atoms with E-state index in [-0.39, 0.29) is 5.91 Å². The number of aryl methyl sites for hydroxylation is 2. The van der Waals surface area contributed by atoms with E-state index in [0.29, 0.717) is 12.6 Å². The van der Waals surface area contributed by atoms with Gasteiger partial charge in [-0.25, -0.2) is 0 Å². The summed E-state index contributed by atoms with van der Waals surface area (Å²) in [6.07, 6.45) is 7.36. The zero-order valence-corrected chi connectivity index (χ0v) is 15.7. The zero-order valence-electron chi connectivity index (χ0n) is 15.7. The van der Waals surface area contributed by atoms with Gasteiger partial charge in [0.15, 0.2) is 0 Å². The molecule has 4 nitrogen and oxygen atoms in total. The number of carbonyl (C=O) groups is 1. The van der Waals surface area contributed by atoms with Crippen molar-refractivity contribution in [2.24, 2.45) is 0 Å². The number of nitrogens with zero attached hydrogens (tertiary/aromatic N) is 1. The summed E-state index contributed by atoms with van der Waals surface area (Å²) >= 11 is 0. The van der Waals surface area contributed by atoms with E-state index < -0.39 is 0 Å². The van der Waals surface area contributed by atoms with Crippen molar-refractivity contribution < 1.29 is 9.53 Å². The fourth-order valence-corrected chi connectivity index (χ4v) is 3.76. The quantitative estimate of drug-likeness (QED) is 0.810. The summed E-state index contributed by atoms with van der Waals surface area (Å²) in [5, 5.41) is 3.22. The molecule has 24 heavy (non-hydrogen) atoms. The molecule has 1 aromatic carbocycles. The number of methoxy groups -OCH3 is 1. The number of benzene rings is 1. The predicted octanol–water partition coefficient (Wildman–Crippen LogP) is 3.58. The van der Waals surface area contributed by atoms with Crippen LogP contribution in [0.5, 0.6) is 5.75 Å². The fourth-order valence-electron chi connectivity index (χ4n) is 3.76. The highest BCUT2D eigenvalue weighted by atomic mass is 16.5. The smallest absolute Gasteiger partial charge is 0.234 e. The van der Waals surface area contributed by atoms with Crippen LogP contribution in [0.15, 0.2) is 12.1 Å². The van der Waals surface area contributed by atoms with Gasteiger partial charge in [0, 0.05) is 12.6 Å². The Bertz CT molecular complexity index is 526. The van der Waals surface area contributed by atoms with Crippen molar-refractivity contribution in [3.05, 3.63) is 28.8 Å². The van der Waals surface area contributed by atoms with Crippen LogP contribution in [-0.4, -0.2) is 37.6 Å². The minimum absolute atomic E-state index is 0.145. The third-order valence-electron chi connectivity index (χ3n) is 4.81. The molecule has 0 bridgehead atoms. The SMILES string of the molecule is COc1c(C)cc(CN(C)CC(=O)NC2CCCCCC2)cc1C. The van der Waals surface area contributed by atoms with Gasteiger partial charge < -0.3 is 10.1 Å². The first kappa shape index (κ1) is 18.8. The Morgan fingerprint density at radius 2 is 1.75 bits per heavy atom. The van der Waals surface area contributed by atoms with Crippen molar-refractivity contribution in [1.29, 1.82) is 0 Å². The molecule has 1 aromatic rings. The molecular weight excluding hydrogens is 300 g/mol. The normalized spacial score (nSPS) is 16.0. The third kappa shape index (κ3) is 5.52. The van der Waals surface area contributed by atoms with Crippen LogP contribution in [-0.2, 0) is 11.3 Å². The first-order chi connectivity index (χ1) is 11.5. The number of hydrogen-bond acceptors (Lipinski definition) is 3. The minimum atomic E-state index is 0.145. The van der Waals surface area contributed by atoms with Gasteiger partial charge in [0.1, 0.15) is 5.75 Å². The Kier molecular flexibility index (Phi) is 7.10. The Morgan fingerprint density at radius 3 is 2.29 bits per heavy atom. The van der Waals surface area contributed by atoms with Crippen molar-refractivity contribution in [2.75, 3.05) is 20.7 Å². The summed E-state index contributed by atoms with van der Waals surface area (Å²) in [6, 6.07) is 4.66. The second-order valence-electron chi connectivity index (χ2n) is 7.19. The zero-order chi connectivity index (χ0) is 17.5. The molecule has 2 rings (SSSR count). The lowest BCUT2D eigenvalue weighted by molar-refractivity contribution is -0.122. The second kappa shape index (κ2) is 9.07. The Labute approximate surface area is 146 Å². The van der Waals surface area contributed by atoms with Crippen LogP contribution < -0.4 is 10.1 Å². The largest absolute Gasteiger partial charge is 0.496 e. The highest BCUT2D eigenvalue weighted by Gasteiger charge is 2.16. The van der Waals surface area contributed by atoms with Crippen molar-refractivity contribution in [3.63, 3.8) is 0 Å². The monoisotopic (exact) mass is 332 g/mol. The number of nitrogens with one attached hydrogen (secondary N) is 1. The number of rotatable bonds is 6. The van der Waals surface area contributed by atoms with E-state index in [2.05, 4.69) is 36.2 Å². The Hall–Kier alpha value is -1.55. The van der Waals surface area contributed by atoms with Crippen LogP contribution in [0.3, 0.4) is 0 Å². The van der Waals surface area contributed by atoms with Crippen LogP contribution >= 0.6 is 0 Å². The molecule has 1 amide bonds. The summed E-state index contributed by atoms with van der Waals surface area (Å²) in [5.41, 5.74) is 3.50. The molecule has 0 saturated heterocycles. The van der Waals surface area contributed by atoms with E-state index >= 15 is 0 Å². The number of amides is 1. The van der Waals surface area contributed by atoms with E-state index in [1.165, 1.54) is 31.2 Å². The summed E-state index contributed by atoms with van der Waals surface area (Å²) < 4.78 is 5.42. The molecule has 4 heteroatoms. The molecule has 134 valence electrons. The number of hydrogen-bond donors (Lipinski definition) is 1. The molecule has 0 atom stereocenters. The molecule has 0 aromatic heterocycles.